The van der Waals surface area contributed by atoms with Gasteiger partial charge in [0.2, 0.25) is 0 Å². The van der Waals surface area contributed by atoms with Crippen molar-refractivity contribution in [3.8, 4) is 0 Å². The summed E-state index contributed by atoms with van der Waals surface area (Å²) >= 11 is 1.74. The molecule has 0 saturated heterocycles. The van der Waals surface area contributed by atoms with Crippen LogP contribution in [0.5, 0.6) is 0 Å². The fourth-order valence-corrected chi connectivity index (χ4v) is 2.88. The van der Waals surface area contributed by atoms with Gasteiger partial charge in [-0.05, 0) is 30.7 Å². The van der Waals surface area contributed by atoms with E-state index in [9.17, 15) is 9.59 Å². The first-order chi connectivity index (χ1) is 10.7. The van der Waals surface area contributed by atoms with Crippen molar-refractivity contribution < 1.29 is 14.7 Å². The van der Waals surface area contributed by atoms with Gasteiger partial charge in [-0.3, -0.25) is 14.5 Å². The van der Waals surface area contributed by atoms with E-state index < -0.39 is 18.5 Å². The number of imide groups is 1. The quantitative estimate of drug-likeness (QED) is 0.522. The zero-order valence-electron chi connectivity index (χ0n) is 12.0. The number of nitrogens with zero attached hydrogens (tertiary/aromatic N) is 2. The van der Waals surface area contributed by atoms with Crippen molar-refractivity contribution in [2.24, 2.45) is 0 Å². The number of aromatic nitrogens is 2. The predicted molar refractivity (Wildman–Crippen MR) is 83.8 cm³/mol. The van der Waals surface area contributed by atoms with Crippen LogP contribution >= 0.6 is 11.8 Å². The number of rotatable bonds is 7. The zero-order chi connectivity index (χ0) is 15.8. The predicted octanol–water partition coefficient (Wildman–Crippen LogP) is 1.02. The lowest BCUT2D eigenvalue weighted by atomic mass is 10.3. The molecule has 3 N–H and O–H groups in total. The molecule has 22 heavy (non-hydrogen) atoms. The Morgan fingerprint density at radius 3 is 3.00 bits per heavy atom. The maximum Gasteiger partial charge on any atom is 0.321 e. The summed E-state index contributed by atoms with van der Waals surface area (Å²) in [7, 11) is 0. The maximum atomic E-state index is 11.2. The highest BCUT2D eigenvalue weighted by Crippen LogP contribution is 2.20. The Morgan fingerprint density at radius 2 is 2.18 bits per heavy atom. The van der Waals surface area contributed by atoms with Gasteiger partial charge in [0.05, 0.1) is 5.03 Å². The molecule has 0 aliphatic rings. The molecule has 0 aliphatic heterocycles. The first-order valence-electron chi connectivity index (χ1n) is 6.94. The van der Waals surface area contributed by atoms with Crippen molar-refractivity contribution in [3.63, 3.8) is 0 Å². The molecule has 0 spiro atoms. The first-order valence-corrected chi connectivity index (χ1v) is 7.92. The van der Waals surface area contributed by atoms with E-state index in [4.69, 9.17) is 5.11 Å². The molecule has 2 heterocycles. The SMILES string of the molecule is O=C(CO)NC(=O)NCCCCSc1cccc2nccn12. The molecule has 0 unspecified atom stereocenters. The van der Waals surface area contributed by atoms with Gasteiger partial charge in [-0.25, -0.2) is 9.78 Å². The summed E-state index contributed by atoms with van der Waals surface area (Å²) in [6.07, 6.45) is 5.45. The van der Waals surface area contributed by atoms with Crippen molar-refractivity contribution in [2.75, 3.05) is 18.9 Å². The van der Waals surface area contributed by atoms with Crippen molar-refractivity contribution in [3.05, 3.63) is 30.6 Å². The topological polar surface area (TPSA) is 95.7 Å². The Kier molecular flexibility index (Phi) is 6.23. The van der Waals surface area contributed by atoms with Crippen LogP contribution in [-0.4, -0.2) is 45.3 Å². The number of carbonyl (C=O) groups excluding carboxylic acids is 2. The standard InChI is InChI=1S/C14H18N4O3S/c19-10-12(20)17-14(21)16-6-1-2-9-22-13-5-3-4-11-15-7-8-18(11)13/h3-5,7-8,19H,1-2,6,9-10H2,(H2,16,17,20,21). The number of imidazole rings is 1. The molecule has 0 radical (unpaired) electrons. The molecule has 0 bridgehead atoms. The van der Waals surface area contributed by atoms with Crippen LogP contribution in [0.2, 0.25) is 0 Å². The minimum absolute atomic E-state index is 0.486. The van der Waals surface area contributed by atoms with Gasteiger partial charge in [0, 0.05) is 18.9 Å². The molecule has 0 aromatic carbocycles. The van der Waals surface area contributed by atoms with E-state index in [-0.39, 0.29) is 0 Å². The number of aliphatic hydroxyl groups excluding tert-OH is 1. The number of carbonyl (C=O) groups is 2. The molecule has 0 saturated carbocycles. The Bertz CT molecular complexity index is 644. The fraction of sp³-hybridized carbons (Fsp3) is 0.357. The number of fused-ring (bicyclic) bond motifs is 1. The molecule has 2 aromatic rings. The molecule has 0 atom stereocenters. The summed E-state index contributed by atoms with van der Waals surface area (Å²) in [4.78, 5) is 26.2. The van der Waals surface area contributed by atoms with Gasteiger partial charge in [-0.15, -0.1) is 11.8 Å². The van der Waals surface area contributed by atoms with Crippen LogP contribution in [0.4, 0.5) is 4.79 Å². The van der Waals surface area contributed by atoms with E-state index in [0.29, 0.717) is 6.54 Å². The minimum Gasteiger partial charge on any atom is -0.387 e. The van der Waals surface area contributed by atoms with E-state index in [0.717, 1.165) is 29.3 Å². The normalized spacial score (nSPS) is 10.6. The lowest BCUT2D eigenvalue weighted by Crippen LogP contribution is -2.41. The van der Waals surface area contributed by atoms with Gasteiger partial charge in [0.1, 0.15) is 12.3 Å². The van der Waals surface area contributed by atoms with Crippen molar-refractivity contribution in [2.45, 2.75) is 17.9 Å². The molecule has 8 heteroatoms. The Balaban J connectivity index is 1.63. The molecular weight excluding hydrogens is 304 g/mol. The number of amides is 3. The van der Waals surface area contributed by atoms with Crippen LogP contribution in [0.1, 0.15) is 12.8 Å². The second-order valence-corrected chi connectivity index (χ2v) is 5.65. The van der Waals surface area contributed by atoms with Crippen molar-refractivity contribution in [1.82, 2.24) is 20.0 Å². The number of pyridine rings is 1. The van der Waals surface area contributed by atoms with E-state index in [2.05, 4.69) is 10.3 Å². The van der Waals surface area contributed by atoms with Gasteiger partial charge < -0.3 is 10.4 Å². The summed E-state index contributed by atoms with van der Waals surface area (Å²) in [5, 5.41) is 14.2. The largest absolute Gasteiger partial charge is 0.387 e. The average molecular weight is 322 g/mol. The Labute approximate surface area is 132 Å². The van der Waals surface area contributed by atoms with Crippen LogP contribution in [-0.2, 0) is 4.79 Å². The van der Waals surface area contributed by atoms with Gasteiger partial charge in [0.15, 0.2) is 0 Å². The highest BCUT2D eigenvalue weighted by atomic mass is 32.2. The number of urea groups is 1. The van der Waals surface area contributed by atoms with E-state index in [1.165, 1.54) is 0 Å². The third-order valence-corrected chi connectivity index (χ3v) is 4.02. The average Bonchev–Trinajstić information content (AvgIpc) is 2.99. The van der Waals surface area contributed by atoms with Crippen molar-refractivity contribution in [1.29, 1.82) is 0 Å². The number of thioether (sulfide) groups is 1. The number of hydrogen-bond acceptors (Lipinski definition) is 5. The number of nitrogens with one attached hydrogen (secondary N) is 2. The second kappa shape index (κ2) is 8.40. The lowest BCUT2D eigenvalue weighted by Gasteiger charge is -2.06. The third-order valence-electron chi connectivity index (χ3n) is 2.89. The van der Waals surface area contributed by atoms with Crippen LogP contribution in [0.25, 0.3) is 5.65 Å². The third kappa shape index (κ3) is 4.74. The zero-order valence-corrected chi connectivity index (χ0v) is 12.8. The first kappa shape index (κ1) is 16.3. The number of hydrogen-bond donors (Lipinski definition) is 3. The summed E-state index contributed by atoms with van der Waals surface area (Å²) in [5.41, 5.74) is 0.928. The van der Waals surface area contributed by atoms with Gasteiger partial charge in [-0.2, -0.15) is 0 Å². The number of aliphatic hydroxyl groups is 1. The smallest absolute Gasteiger partial charge is 0.321 e. The molecule has 2 aromatic heterocycles. The fourth-order valence-electron chi connectivity index (χ4n) is 1.86. The molecular formula is C14H18N4O3S. The minimum atomic E-state index is -0.707. The highest BCUT2D eigenvalue weighted by molar-refractivity contribution is 7.99. The van der Waals surface area contributed by atoms with Crippen LogP contribution in [0.3, 0.4) is 0 Å². The molecule has 0 aliphatic carbocycles. The summed E-state index contributed by atoms with van der Waals surface area (Å²) in [6, 6.07) is 5.41. The Hall–Kier alpha value is -2.06. The van der Waals surface area contributed by atoms with E-state index in [1.54, 1.807) is 18.0 Å². The van der Waals surface area contributed by atoms with E-state index >= 15 is 0 Å². The number of unbranched alkanes of at least 4 members (excludes halogenated alkanes) is 1. The van der Waals surface area contributed by atoms with Gasteiger partial charge in [0.25, 0.3) is 5.91 Å². The van der Waals surface area contributed by atoms with Gasteiger partial charge in [-0.1, -0.05) is 6.07 Å². The highest BCUT2D eigenvalue weighted by Gasteiger charge is 2.05. The molecule has 0 fully saturated rings. The molecule has 3 amide bonds. The molecule has 7 nitrogen and oxygen atoms in total. The summed E-state index contributed by atoms with van der Waals surface area (Å²) in [6.45, 7) is -0.204. The maximum absolute atomic E-state index is 11.2. The van der Waals surface area contributed by atoms with Crippen molar-refractivity contribution >= 4 is 29.3 Å². The lowest BCUT2D eigenvalue weighted by molar-refractivity contribution is -0.122. The Morgan fingerprint density at radius 1 is 1.32 bits per heavy atom. The van der Waals surface area contributed by atoms with Crippen LogP contribution < -0.4 is 10.6 Å². The summed E-state index contributed by atoms with van der Waals surface area (Å²) < 4.78 is 2.04. The van der Waals surface area contributed by atoms with Gasteiger partial charge >= 0.3 is 6.03 Å². The van der Waals surface area contributed by atoms with Crippen LogP contribution in [0.15, 0.2) is 35.6 Å². The second-order valence-electron chi connectivity index (χ2n) is 4.54. The van der Waals surface area contributed by atoms with Crippen LogP contribution in [0, 0.1) is 0 Å². The van der Waals surface area contributed by atoms with E-state index in [1.807, 2.05) is 34.1 Å². The monoisotopic (exact) mass is 322 g/mol. The molecule has 2 rings (SSSR count). The molecule has 118 valence electrons. The summed E-state index contributed by atoms with van der Waals surface area (Å²) in [5.74, 6) is 0.220.